The minimum atomic E-state index is -0.197. The number of nitrogens with zero attached hydrogens (tertiary/aromatic N) is 3. The molecular weight excluding hydrogens is 308 g/mol. The maximum atomic E-state index is 12.4. The standard InChI is InChI=1S/C17H18N4O3/c1-21(2)17-20-13-8-11(4-5-15(13)24-17)16(22)19-10-12-9-18-7-6-14(12)23-3/h4-9H,10H2,1-3H3,(H,19,22). The molecule has 0 aliphatic carbocycles. The molecule has 0 saturated heterocycles. The first kappa shape index (κ1) is 15.8. The quantitative estimate of drug-likeness (QED) is 0.774. The van der Waals surface area contributed by atoms with E-state index in [4.69, 9.17) is 9.15 Å². The Kier molecular flexibility index (Phi) is 4.33. The number of methoxy groups -OCH3 is 1. The number of fused-ring (bicyclic) bond motifs is 1. The number of hydrogen-bond acceptors (Lipinski definition) is 6. The van der Waals surface area contributed by atoms with Crippen LogP contribution in [0.3, 0.4) is 0 Å². The Balaban J connectivity index is 1.76. The summed E-state index contributed by atoms with van der Waals surface area (Å²) in [6.07, 6.45) is 3.31. The lowest BCUT2D eigenvalue weighted by molar-refractivity contribution is 0.0951. The van der Waals surface area contributed by atoms with Gasteiger partial charge in [0.25, 0.3) is 11.9 Å². The molecule has 3 rings (SSSR count). The first-order valence-electron chi connectivity index (χ1n) is 7.41. The van der Waals surface area contributed by atoms with E-state index < -0.39 is 0 Å². The summed E-state index contributed by atoms with van der Waals surface area (Å²) in [5.41, 5.74) is 2.62. The number of carbonyl (C=O) groups excluding carboxylic acids is 1. The molecule has 0 radical (unpaired) electrons. The highest BCUT2D eigenvalue weighted by molar-refractivity contribution is 5.97. The molecular formula is C17H18N4O3. The van der Waals surface area contributed by atoms with E-state index in [1.807, 2.05) is 14.1 Å². The molecule has 1 aromatic carbocycles. The first-order valence-corrected chi connectivity index (χ1v) is 7.41. The van der Waals surface area contributed by atoms with Crippen molar-refractivity contribution in [2.45, 2.75) is 6.54 Å². The molecule has 0 unspecified atom stereocenters. The van der Waals surface area contributed by atoms with Crippen LogP contribution in [0.1, 0.15) is 15.9 Å². The van der Waals surface area contributed by atoms with E-state index in [0.717, 1.165) is 5.56 Å². The van der Waals surface area contributed by atoms with Crippen molar-refractivity contribution in [2.75, 3.05) is 26.1 Å². The largest absolute Gasteiger partial charge is 0.496 e. The van der Waals surface area contributed by atoms with Crippen molar-refractivity contribution in [1.29, 1.82) is 0 Å². The summed E-state index contributed by atoms with van der Waals surface area (Å²) in [6.45, 7) is 0.329. The fourth-order valence-corrected chi connectivity index (χ4v) is 2.27. The van der Waals surface area contributed by atoms with Crippen molar-refractivity contribution in [3.8, 4) is 5.75 Å². The number of benzene rings is 1. The number of ether oxygens (including phenoxy) is 1. The number of oxazole rings is 1. The number of pyridine rings is 1. The van der Waals surface area contributed by atoms with Crippen LogP contribution in [-0.2, 0) is 6.54 Å². The fraction of sp³-hybridized carbons (Fsp3) is 0.235. The summed E-state index contributed by atoms with van der Waals surface area (Å²) < 4.78 is 10.8. The summed E-state index contributed by atoms with van der Waals surface area (Å²) in [4.78, 5) is 22.5. The lowest BCUT2D eigenvalue weighted by atomic mass is 10.2. The smallest absolute Gasteiger partial charge is 0.297 e. The predicted molar refractivity (Wildman–Crippen MR) is 90.3 cm³/mol. The van der Waals surface area contributed by atoms with E-state index in [2.05, 4.69) is 15.3 Å². The second-order valence-electron chi connectivity index (χ2n) is 5.44. The van der Waals surface area contributed by atoms with E-state index in [0.29, 0.717) is 35.0 Å². The van der Waals surface area contributed by atoms with Gasteiger partial charge in [0.1, 0.15) is 11.3 Å². The molecule has 2 heterocycles. The van der Waals surface area contributed by atoms with Crippen LogP contribution in [0.2, 0.25) is 0 Å². The van der Waals surface area contributed by atoms with Crippen molar-refractivity contribution in [1.82, 2.24) is 15.3 Å². The van der Waals surface area contributed by atoms with Gasteiger partial charge in [0.15, 0.2) is 5.58 Å². The number of rotatable bonds is 5. The number of carbonyl (C=O) groups is 1. The summed E-state index contributed by atoms with van der Waals surface area (Å²) in [5, 5.41) is 2.86. The third-order valence-electron chi connectivity index (χ3n) is 3.54. The van der Waals surface area contributed by atoms with Gasteiger partial charge in [0, 0.05) is 44.2 Å². The highest BCUT2D eigenvalue weighted by Gasteiger charge is 2.12. The fourth-order valence-electron chi connectivity index (χ4n) is 2.27. The summed E-state index contributed by atoms with van der Waals surface area (Å²) in [5.74, 6) is 0.491. The highest BCUT2D eigenvalue weighted by atomic mass is 16.5. The molecule has 0 fully saturated rings. The Morgan fingerprint density at radius 1 is 1.33 bits per heavy atom. The van der Waals surface area contributed by atoms with Gasteiger partial charge in [-0.25, -0.2) is 0 Å². The van der Waals surface area contributed by atoms with Crippen LogP contribution in [0.15, 0.2) is 41.1 Å². The SMILES string of the molecule is COc1ccncc1CNC(=O)c1ccc2oc(N(C)C)nc2c1. The zero-order chi connectivity index (χ0) is 17.1. The highest BCUT2D eigenvalue weighted by Crippen LogP contribution is 2.22. The topological polar surface area (TPSA) is 80.5 Å². The molecule has 1 N–H and O–H groups in total. The first-order chi connectivity index (χ1) is 11.6. The lowest BCUT2D eigenvalue weighted by Gasteiger charge is -2.09. The van der Waals surface area contributed by atoms with Crippen LogP contribution >= 0.6 is 0 Å². The zero-order valence-corrected chi connectivity index (χ0v) is 13.7. The molecule has 0 spiro atoms. The Morgan fingerprint density at radius 2 is 2.17 bits per heavy atom. The third-order valence-corrected chi connectivity index (χ3v) is 3.54. The molecule has 0 atom stereocenters. The molecule has 0 aliphatic rings. The van der Waals surface area contributed by atoms with Gasteiger partial charge in [-0.15, -0.1) is 0 Å². The van der Waals surface area contributed by atoms with Crippen LogP contribution in [0.5, 0.6) is 5.75 Å². The van der Waals surface area contributed by atoms with Crippen LogP contribution < -0.4 is 15.0 Å². The van der Waals surface area contributed by atoms with Gasteiger partial charge in [-0.05, 0) is 24.3 Å². The molecule has 124 valence electrons. The number of amides is 1. The Bertz CT molecular complexity index is 873. The van der Waals surface area contributed by atoms with Crippen LogP contribution in [0.25, 0.3) is 11.1 Å². The zero-order valence-electron chi connectivity index (χ0n) is 13.7. The normalized spacial score (nSPS) is 10.6. The maximum absolute atomic E-state index is 12.4. The maximum Gasteiger partial charge on any atom is 0.297 e. The minimum absolute atomic E-state index is 0.197. The van der Waals surface area contributed by atoms with Crippen molar-refractivity contribution in [3.05, 3.63) is 47.8 Å². The molecule has 24 heavy (non-hydrogen) atoms. The van der Waals surface area contributed by atoms with E-state index in [1.165, 1.54) is 0 Å². The predicted octanol–water partition coefficient (Wildman–Crippen LogP) is 2.23. The van der Waals surface area contributed by atoms with Gasteiger partial charge in [0.05, 0.1) is 7.11 Å². The number of nitrogens with one attached hydrogen (secondary N) is 1. The van der Waals surface area contributed by atoms with Crippen molar-refractivity contribution < 1.29 is 13.9 Å². The van der Waals surface area contributed by atoms with E-state index in [1.54, 1.807) is 48.7 Å². The minimum Gasteiger partial charge on any atom is -0.496 e. The molecule has 0 saturated carbocycles. The average molecular weight is 326 g/mol. The van der Waals surface area contributed by atoms with Gasteiger partial charge < -0.3 is 19.4 Å². The number of aromatic nitrogens is 2. The number of anilines is 1. The van der Waals surface area contributed by atoms with E-state index in [9.17, 15) is 4.79 Å². The van der Waals surface area contributed by atoms with Crippen molar-refractivity contribution in [2.24, 2.45) is 0 Å². The lowest BCUT2D eigenvalue weighted by Crippen LogP contribution is -2.23. The van der Waals surface area contributed by atoms with Crippen molar-refractivity contribution in [3.63, 3.8) is 0 Å². The summed E-state index contributed by atoms with van der Waals surface area (Å²) in [6, 6.07) is 7.42. The molecule has 3 aromatic rings. The average Bonchev–Trinajstić information content (AvgIpc) is 3.03. The number of hydrogen-bond donors (Lipinski definition) is 1. The summed E-state index contributed by atoms with van der Waals surface area (Å²) >= 11 is 0. The van der Waals surface area contributed by atoms with Crippen LogP contribution in [0, 0.1) is 0 Å². The molecule has 0 bridgehead atoms. The van der Waals surface area contributed by atoms with Crippen molar-refractivity contribution >= 4 is 23.0 Å². The van der Waals surface area contributed by atoms with Gasteiger partial charge in [0.2, 0.25) is 0 Å². The Hall–Kier alpha value is -3.09. The second kappa shape index (κ2) is 6.57. The van der Waals surface area contributed by atoms with E-state index in [-0.39, 0.29) is 5.91 Å². The van der Waals surface area contributed by atoms with Crippen LogP contribution in [-0.4, -0.2) is 37.1 Å². The monoisotopic (exact) mass is 326 g/mol. The molecule has 1 amide bonds. The Labute approximate surface area is 139 Å². The summed E-state index contributed by atoms with van der Waals surface area (Å²) in [7, 11) is 5.28. The third kappa shape index (κ3) is 3.15. The van der Waals surface area contributed by atoms with Crippen LogP contribution in [0.4, 0.5) is 6.01 Å². The molecule has 7 nitrogen and oxygen atoms in total. The van der Waals surface area contributed by atoms with E-state index >= 15 is 0 Å². The second-order valence-corrected chi connectivity index (χ2v) is 5.44. The van der Waals surface area contributed by atoms with Gasteiger partial charge in [-0.3, -0.25) is 9.78 Å². The van der Waals surface area contributed by atoms with Gasteiger partial charge >= 0.3 is 0 Å². The Morgan fingerprint density at radius 3 is 2.92 bits per heavy atom. The molecule has 0 aliphatic heterocycles. The van der Waals surface area contributed by atoms with Gasteiger partial charge in [-0.2, -0.15) is 4.98 Å². The molecule has 7 heteroatoms. The van der Waals surface area contributed by atoms with Gasteiger partial charge in [-0.1, -0.05) is 0 Å². The molecule has 2 aromatic heterocycles.